The van der Waals surface area contributed by atoms with E-state index in [1.807, 2.05) is 6.92 Å². The number of hydrogen-bond donors (Lipinski definition) is 1. The minimum Gasteiger partial charge on any atom is -0.327 e. The summed E-state index contributed by atoms with van der Waals surface area (Å²) >= 11 is 5.48. The Morgan fingerprint density at radius 3 is 2.20 bits per heavy atom. The fourth-order valence-corrected chi connectivity index (χ4v) is 1.37. The molecule has 0 aliphatic heterocycles. The molecular formula is C10H13Cl2F2N. The van der Waals surface area contributed by atoms with Gasteiger partial charge in [-0.1, -0.05) is 18.5 Å². The lowest BCUT2D eigenvalue weighted by Gasteiger charge is -2.10. The van der Waals surface area contributed by atoms with Crippen LogP contribution in [0.1, 0.15) is 18.9 Å². The first kappa shape index (κ1) is 14.6. The molecule has 0 saturated heterocycles. The molecule has 0 spiro atoms. The van der Waals surface area contributed by atoms with Gasteiger partial charge in [-0.3, -0.25) is 0 Å². The minimum atomic E-state index is -0.626. The van der Waals surface area contributed by atoms with Crippen LogP contribution in [0.15, 0.2) is 12.1 Å². The molecule has 0 bridgehead atoms. The smallest absolute Gasteiger partial charge is 0.130 e. The van der Waals surface area contributed by atoms with Crippen molar-refractivity contribution < 1.29 is 8.78 Å². The molecule has 1 unspecified atom stereocenters. The first-order valence-electron chi connectivity index (χ1n) is 4.43. The molecule has 0 radical (unpaired) electrons. The zero-order valence-electron chi connectivity index (χ0n) is 8.27. The second-order valence-corrected chi connectivity index (χ2v) is 3.66. The van der Waals surface area contributed by atoms with E-state index in [4.69, 9.17) is 17.3 Å². The van der Waals surface area contributed by atoms with Crippen LogP contribution in [0.2, 0.25) is 5.02 Å². The molecule has 0 aromatic heterocycles. The van der Waals surface area contributed by atoms with Crippen LogP contribution >= 0.6 is 24.0 Å². The van der Waals surface area contributed by atoms with Crippen molar-refractivity contribution in [2.24, 2.45) is 5.73 Å². The van der Waals surface area contributed by atoms with Gasteiger partial charge >= 0.3 is 0 Å². The molecule has 5 heteroatoms. The molecule has 1 nitrogen and oxygen atoms in total. The van der Waals surface area contributed by atoms with E-state index in [1.54, 1.807) is 0 Å². The van der Waals surface area contributed by atoms with Crippen molar-refractivity contribution in [2.45, 2.75) is 25.8 Å². The van der Waals surface area contributed by atoms with Crippen LogP contribution in [-0.4, -0.2) is 6.04 Å². The van der Waals surface area contributed by atoms with Gasteiger partial charge in [0.2, 0.25) is 0 Å². The van der Waals surface area contributed by atoms with E-state index in [2.05, 4.69) is 0 Å². The summed E-state index contributed by atoms with van der Waals surface area (Å²) in [6.07, 6.45) is 0.882. The summed E-state index contributed by atoms with van der Waals surface area (Å²) in [5, 5.41) is 0.0637. The third-order valence-electron chi connectivity index (χ3n) is 2.10. The van der Waals surface area contributed by atoms with Crippen molar-refractivity contribution in [1.29, 1.82) is 0 Å². The van der Waals surface area contributed by atoms with Crippen molar-refractivity contribution in [3.8, 4) is 0 Å². The van der Waals surface area contributed by atoms with Gasteiger partial charge in [0.05, 0.1) is 0 Å². The zero-order chi connectivity index (χ0) is 10.7. The van der Waals surface area contributed by atoms with E-state index in [0.717, 1.165) is 12.1 Å². The third kappa shape index (κ3) is 3.93. The van der Waals surface area contributed by atoms with E-state index in [0.29, 0.717) is 6.42 Å². The molecule has 15 heavy (non-hydrogen) atoms. The number of hydrogen-bond acceptors (Lipinski definition) is 1. The Balaban J connectivity index is 0.00000196. The van der Waals surface area contributed by atoms with E-state index < -0.39 is 11.6 Å². The van der Waals surface area contributed by atoms with Crippen LogP contribution in [0.3, 0.4) is 0 Å². The molecule has 1 atom stereocenters. The summed E-state index contributed by atoms with van der Waals surface area (Å²) in [5.74, 6) is -1.25. The first-order chi connectivity index (χ1) is 6.54. The summed E-state index contributed by atoms with van der Waals surface area (Å²) in [4.78, 5) is 0. The van der Waals surface area contributed by atoms with Crippen LogP contribution in [0, 0.1) is 11.6 Å². The number of nitrogens with two attached hydrogens (primary N) is 1. The van der Waals surface area contributed by atoms with Crippen molar-refractivity contribution in [1.82, 2.24) is 0 Å². The molecule has 0 aliphatic carbocycles. The minimum absolute atomic E-state index is 0. The SMILES string of the molecule is CCC(N)Cc1c(F)cc(Cl)cc1F.Cl. The number of benzene rings is 1. The topological polar surface area (TPSA) is 26.0 Å². The summed E-state index contributed by atoms with van der Waals surface area (Å²) in [5.41, 5.74) is 5.63. The standard InChI is InChI=1S/C10H12ClF2N.ClH/c1-2-7(14)5-8-9(12)3-6(11)4-10(8)13;/h3-4,7H,2,5,14H2,1H3;1H. The molecule has 1 rings (SSSR count). The van der Waals surface area contributed by atoms with Gasteiger partial charge in [0.1, 0.15) is 11.6 Å². The van der Waals surface area contributed by atoms with Gasteiger partial charge < -0.3 is 5.73 Å². The predicted molar refractivity (Wildman–Crippen MR) is 60.6 cm³/mol. The highest BCUT2D eigenvalue weighted by atomic mass is 35.5. The largest absolute Gasteiger partial charge is 0.327 e. The maximum Gasteiger partial charge on any atom is 0.130 e. The van der Waals surface area contributed by atoms with E-state index in [1.165, 1.54) is 0 Å². The van der Waals surface area contributed by atoms with Crippen LogP contribution in [0.5, 0.6) is 0 Å². The van der Waals surface area contributed by atoms with Crippen LogP contribution < -0.4 is 5.73 Å². The molecule has 2 N–H and O–H groups in total. The van der Waals surface area contributed by atoms with Gasteiger partial charge in [-0.2, -0.15) is 0 Å². The van der Waals surface area contributed by atoms with Crippen molar-refractivity contribution in [3.05, 3.63) is 34.4 Å². The van der Waals surface area contributed by atoms with E-state index in [9.17, 15) is 8.78 Å². The van der Waals surface area contributed by atoms with Crippen LogP contribution in [0.25, 0.3) is 0 Å². The van der Waals surface area contributed by atoms with E-state index >= 15 is 0 Å². The molecular weight excluding hydrogens is 243 g/mol. The number of halogens is 4. The van der Waals surface area contributed by atoms with Crippen LogP contribution in [0.4, 0.5) is 8.78 Å². The van der Waals surface area contributed by atoms with Crippen molar-refractivity contribution in [3.63, 3.8) is 0 Å². The fourth-order valence-electron chi connectivity index (χ4n) is 1.17. The van der Waals surface area contributed by atoms with Gasteiger partial charge in [0, 0.05) is 16.6 Å². The van der Waals surface area contributed by atoms with Crippen molar-refractivity contribution >= 4 is 24.0 Å². The first-order valence-corrected chi connectivity index (χ1v) is 4.81. The predicted octanol–water partition coefficient (Wildman–Crippen LogP) is 3.32. The molecule has 0 amide bonds. The summed E-state index contributed by atoms with van der Waals surface area (Å²) in [6, 6.07) is 1.98. The van der Waals surface area contributed by atoms with Gasteiger partial charge in [-0.15, -0.1) is 12.4 Å². The van der Waals surface area contributed by atoms with Crippen molar-refractivity contribution in [2.75, 3.05) is 0 Å². The highest BCUT2D eigenvalue weighted by molar-refractivity contribution is 6.30. The summed E-state index contributed by atoms with van der Waals surface area (Å²) < 4.78 is 26.5. The average Bonchev–Trinajstić information content (AvgIpc) is 2.10. The highest BCUT2D eigenvalue weighted by Gasteiger charge is 2.13. The monoisotopic (exact) mass is 255 g/mol. The second kappa shape index (κ2) is 6.26. The van der Waals surface area contributed by atoms with Gasteiger partial charge in [-0.25, -0.2) is 8.78 Å². The maximum absolute atomic E-state index is 13.2. The Kier molecular flexibility index (Phi) is 6.10. The van der Waals surface area contributed by atoms with E-state index in [-0.39, 0.29) is 35.5 Å². The number of rotatable bonds is 3. The molecule has 1 aromatic carbocycles. The summed E-state index contributed by atoms with van der Waals surface area (Å²) in [7, 11) is 0. The third-order valence-corrected chi connectivity index (χ3v) is 2.31. The lowest BCUT2D eigenvalue weighted by atomic mass is 10.0. The lowest BCUT2D eigenvalue weighted by Crippen LogP contribution is -2.22. The molecule has 0 fully saturated rings. The Morgan fingerprint density at radius 2 is 1.80 bits per heavy atom. The fraction of sp³-hybridized carbons (Fsp3) is 0.400. The quantitative estimate of drug-likeness (QED) is 0.882. The zero-order valence-corrected chi connectivity index (χ0v) is 9.84. The molecule has 0 saturated carbocycles. The lowest BCUT2D eigenvalue weighted by molar-refractivity contribution is 0.531. The molecule has 0 aliphatic rings. The molecule has 0 heterocycles. The molecule has 86 valence electrons. The Hall–Kier alpha value is -0.380. The second-order valence-electron chi connectivity index (χ2n) is 3.22. The highest BCUT2D eigenvalue weighted by Crippen LogP contribution is 2.20. The van der Waals surface area contributed by atoms with Gasteiger partial charge in [-0.05, 0) is 25.0 Å². The molecule has 1 aromatic rings. The van der Waals surface area contributed by atoms with Gasteiger partial charge in [0.15, 0.2) is 0 Å². The Morgan fingerprint density at radius 1 is 1.33 bits per heavy atom. The van der Waals surface area contributed by atoms with Crippen LogP contribution in [-0.2, 0) is 6.42 Å². The maximum atomic E-state index is 13.2. The summed E-state index contributed by atoms with van der Waals surface area (Å²) in [6.45, 7) is 1.87. The Bertz CT molecular complexity index is 308. The van der Waals surface area contributed by atoms with Gasteiger partial charge in [0.25, 0.3) is 0 Å². The normalized spacial score (nSPS) is 12.1. The Labute approximate surface area is 99.0 Å². The average molecular weight is 256 g/mol.